The van der Waals surface area contributed by atoms with Crippen LogP contribution in [0.2, 0.25) is 5.02 Å². The Hall–Kier alpha value is -2.22. The Labute approximate surface area is 165 Å². The lowest BCUT2D eigenvalue weighted by Gasteiger charge is -2.34. The Morgan fingerprint density at radius 2 is 2.00 bits per heavy atom. The second-order valence-electron chi connectivity index (χ2n) is 6.66. The summed E-state index contributed by atoms with van der Waals surface area (Å²) >= 11 is 7.59. The average molecular weight is 403 g/mol. The molecule has 0 spiro atoms. The van der Waals surface area contributed by atoms with Crippen molar-refractivity contribution in [1.29, 1.82) is 0 Å². The standard InChI is InChI=1S/C19H19ClN4O2S/c20-13-3-1-12(2-4-13)15-9-14-16(27-15)17(24-11-23-14)22-10-19(18(21)25)5-7-26-8-6-19/h1-4,9,11H,5-8,10H2,(H2,21,25)(H,22,23,24). The zero-order valence-corrected chi connectivity index (χ0v) is 16.1. The van der Waals surface area contributed by atoms with E-state index >= 15 is 0 Å². The van der Waals surface area contributed by atoms with Crippen molar-refractivity contribution in [3.05, 3.63) is 41.7 Å². The van der Waals surface area contributed by atoms with Crippen molar-refractivity contribution in [1.82, 2.24) is 9.97 Å². The molecule has 0 saturated carbocycles. The molecule has 140 valence electrons. The molecule has 1 amide bonds. The molecule has 1 aliphatic rings. The van der Waals surface area contributed by atoms with Crippen molar-refractivity contribution in [3.8, 4) is 10.4 Å². The van der Waals surface area contributed by atoms with Gasteiger partial charge in [-0.1, -0.05) is 23.7 Å². The molecule has 0 aliphatic carbocycles. The number of thiophene rings is 1. The van der Waals surface area contributed by atoms with Crippen LogP contribution in [0.1, 0.15) is 12.8 Å². The summed E-state index contributed by atoms with van der Waals surface area (Å²) in [4.78, 5) is 21.9. The fraction of sp³-hybridized carbons (Fsp3) is 0.316. The van der Waals surface area contributed by atoms with Crippen LogP contribution >= 0.6 is 22.9 Å². The molecule has 3 N–H and O–H groups in total. The van der Waals surface area contributed by atoms with Gasteiger partial charge in [0.05, 0.1) is 15.6 Å². The number of nitrogens with zero attached hydrogens (tertiary/aromatic N) is 2. The summed E-state index contributed by atoms with van der Waals surface area (Å²) < 4.78 is 6.34. The number of benzene rings is 1. The first kappa shape index (κ1) is 18.2. The molecule has 6 nitrogen and oxygen atoms in total. The first-order chi connectivity index (χ1) is 13.1. The number of halogens is 1. The van der Waals surface area contributed by atoms with E-state index in [1.54, 1.807) is 11.3 Å². The Kier molecular flexibility index (Phi) is 4.99. The van der Waals surface area contributed by atoms with E-state index in [-0.39, 0.29) is 5.91 Å². The Bertz CT molecular complexity index is 968. The molecule has 1 aromatic carbocycles. The Morgan fingerprint density at radius 1 is 1.26 bits per heavy atom. The molecular formula is C19H19ClN4O2S. The van der Waals surface area contributed by atoms with Crippen LogP contribution in [-0.4, -0.2) is 35.6 Å². The van der Waals surface area contributed by atoms with Crippen LogP contribution in [0.5, 0.6) is 0 Å². The second-order valence-corrected chi connectivity index (χ2v) is 8.15. The van der Waals surface area contributed by atoms with Crippen molar-refractivity contribution in [2.75, 3.05) is 25.1 Å². The van der Waals surface area contributed by atoms with Crippen LogP contribution in [0, 0.1) is 5.41 Å². The zero-order valence-electron chi connectivity index (χ0n) is 14.6. The highest BCUT2D eigenvalue weighted by Crippen LogP contribution is 2.37. The predicted molar refractivity (Wildman–Crippen MR) is 108 cm³/mol. The number of aromatic nitrogens is 2. The predicted octanol–water partition coefficient (Wildman–Crippen LogP) is 3.71. The summed E-state index contributed by atoms with van der Waals surface area (Å²) in [5.74, 6) is 0.425. The number of primary amides is 1. The minimum atomic E-state index is -0.605. The van der Waals surface area contributed by atoms with Crippen LogP contribution in [0.25, 0.3) is 20.7 Å². The van der Waals surface area contributed by atoms with Gasteiger partial charge < -0.3 is 15.8 Å². The number of hydrogen-bond acceptors (Lipinski definition) is 6. The summed E-state index contributed by atoms with van der Waals surface area (Å²) in [7, 11) is 0. The maximum absolute atomic E-state index is 12.1. The van der Waals surface area contributed by atoms with Gasteiger partial charge in [-0.25, -0.2) is 9.97 Å². The molecule has 1 fully saturated rings. The number of amides is 1. The number of ether oxygens (including phenoxy) is 1. The molecule has 3 aromatic rings. The smallest absolute Gasteiger partial charge is 0.225 e. The van der Waals surface area contributed by atoms with Gasteiger partial charge in [0.1, 0.15) is 12.1 Å². The van der Waals surface area contributed by atoms with E-state index in [1.807, 2.05) is 30.3 Å². The van der Waals surface area contributed by atoms with E-state index in [0.717, 1.165) is 26.5 Å². The van der Waals surface area contributed by atoms with Gasteiger partial charge in [-0.05, 0) is 36.6 Å². The molecule has 4 rings (SSSR count). The highest BCUT2D eigenvalue weighted by Gasteiger charge is 2.38. The minimum absolute atomic E-state index is 0.295. The molecule has 1 aliphatic heterocycles. The van der Waals surface area contributed by atoms with Gasteiger partial charge in [0.2, 0.25) is 5.91 Å². The SMILES string of the molecule is NC(=O)C1(CNc2ncnc3cc(-c4ccc(Cl)cc4)sc23)CCOCC1. The fourth-order valence-electron chi connectivity index (χ4n) is 3.26. The number of nitrogens with two attached hydrogens (primary N) is 1. The third kappa shape index (κ3) is 3.63. The third-order valence-corrected chi connectivity index (χ3v) is 6.44. The average Bonchev–Trinajstić information content (AvgIpc) is 3.12. The molecule has 0 bridgehead atoms. The lowest BCUT2D eigenvalue weighted by atomic mass is 9.79. The quantitative estimate of drug-likeness (QED) is 0.679. The first-order valence-corrected chi connectivity index (χ1v) is 9.89. The summed E-state index contributed by atoms with van der Waals surface area (Å²) in [5.41, 5.74) is 7.03. The monoisotopic (exact) mass is 402 g/mol. The van der Waals surface area contributed by atoms with E-state index in [1.165, 1.54) is 6.33 Å². The topological polar surface area (TPSA) is 90.1 Å². The van der Waals surface area contributed by atoms with E-state index in [2.05, 4.69) is 15.3 Å². The molecule has 0 unspecified atom stereocenters. The summed E-state index contributed by atoms with van der Waals surface area (Å²) in [5, 5.41) is 4.04. The van der Waals surface area contributed by atoms with Gasteiger partial charge in [0.25, 0.3) is 0 Å². The van der Waals surface area contributed by atoms with Gasteiger partial charge in [-0.3, -0.25) is 4.79 Å². The first-order valence-electron chi connectivity index (χ1n) is 8.69. The van der Waals surface area contributed by atoms with E-state index in [4.69, 9.17) is 22.1 Å². The second kappa shape index (κ2) is 7.42. The number of nitrogens with one attached hydrogen (secondary N) is 1. The van der Waals surface area contributed by atoms with Crippen molar-refractivity contribution in [3.63, 3.8) is 0 Å². The van der Waals surface area contributed by atoms with Crippen LogP contribution < -0.4 is 11.1 Å². The van der Waals surface area contributed by atoms with Gasteiger partial charge in [-0.2, -0.15) is 0 Å². The van der Waals surface area contributed by atoms with Gasteiger partial charge in [0, 0.05) is 29.7 Å². The molecule has 8 heteroatoms. The van der Waals surface area contributed by atoms with Crippen molar-refractivity contribution in [2.45, 2.75) is 12.8 Å². The largest absolute Gasteiger partial charge is 0.381 e. The van der Waals surface area contributed by atoms with E-state index in [0.29, 0.717) is 37.6 Å². The van der Waals surface area contributed by atoms with Crippen molar-refractivity contribution < 1.29 is 9.53 Å². The molecule has 3 heterocycles. The molecule has 2 aromatic heterocycles. The maximum atomic E-state index is 12.1. The molecule has 1 saturated heterocycles. The summed E-state index contributed by atoms with van der Waals surface area (Å²) in [6.45, 7) is 1.53. The van der Waals surface area contributed by atoms with Crippen LogP contribution in [-0.2, 0) is 9.53 Å². The summed E-state index contributed by atoms with van der Waals surface area (Å²) in [6, 6.07) is 9.74. The van der Waals surface area contributed by atoms with Crippen LogP contribution in [0.15, 0.2) is 36.7 Å². The zero-order chi connectivity index (χ0) is 18.9. The summed E-state index contributed by atoms with van der Waals surface area (Å²) in [6.07, 6.45) is 2.76. The highest BCUT2D eigenvalue weighted by atomic mass is 35.5. The molecule has 27 heavy (non-hydrogen) atoms. The lowest BCUT2D eigenvalue weighted by Crippen LogP contribution is -2.46. The van der Waals surface area contributed by atoms with Crippen molar-refractivity contribution in [2.24, 2.45) is 11.1 Å². The Balaban J connectivity index is 1.62. The number of carbonyl (C=O) groups is 1. The Morgan fingerprint density at radius 3 is 2.70 bits per heavy atom. The minimum Gasteiger partial charge on any atom is -0.381 e. The number of carbonyl (C=O) groups excluding carboxylic acids is 1. The third-order valence-electron chi connectivity index (χ3n) is 5.01. The normalized spacial score (nSPS) is 16.3. The van der Waals surface area contributed by atoms with Crippen molar-refractivity contribution >= 4 is 44.9 Å². The van der Waals surface area contributed by atoms with Crippen LogP contribution in [0.4, 0.5) is 5.82 Å². The maximum Gasteiger partial charge on any atom is 0.225 e. The fourth-order valence-corrected chi connectivity index (χ4v) is 4.47. The van der Waals surface area contributed by atoms with E-state index in [9.17, 15) is 4.79 Å². The molecular weight excluding hydrogens is 384 g/mol. The van der Waals surface area contributed by atoms with Gasteiger partial charge >= 0.3 is 0 Å². The number of rotatable bonds is 5. The molecule has 0 atom stereocenters. The number of hydrogen-bond donors (Lipinski definition) is 2. The van der Waals surface area contributed by atoms with E-state index < -0.39 is 5.41 Å². The van der Waals surface area contributed by atoms with Crippen LogP contribution in [0.3, 0.4) is 0 Å². The van der Waals surface area contributed by atoms with Gasteiger partial charge in [0.15, 0.2) is 0 Å². The lowest BCUT2D eigenvalue weighted by molar-refractivity contribution is -0.132. The van der Waals surface area contributed by atoms with Gasteiger partial charge in [-0.15, -0.1) is 11.3 Å². The highest BCUT2D eigenvalue weighted by molar-refractivity contribution is 7.22. The number of anilines is 1. The molecule has 0 radical (unpaired) electrons. The number of fused-ring (bicyclic) bond motifs is 1.